The fraction of sp³-hybridized carbons (Fsp3) is 0.111. The van der Waals surface area contributed by atoms with E-state index < -0.39 is 17.5 Å². The largest absolute Gasteiger partial charge is 0.379 e. The van der Waals surface area contributed by atoms with Gasteiger partial charge in [0.2, 0.25) is 5.91 Å². The molecule has 0 aromatic heterocycles. The van der Waals surface area contributed by atoms with E-state index >= 15 is 0 Å². The van der Waals surface area contributed by atoms with E-state index in [9.17, 15) is 13.6 Å². The van der Waals surface area contributed by atoms with E-state index in [4.69, 9.17) is 11.1 Å². The third kappa shape index (κ3) is 4.26. The van der Waals surface area contributed by atoms with Gasteiger partial charge in [-0.05, 0) is 12.1 Å². The van der Waals surface area contributed by atoms with E-state index in [2.05, 4.69) is 5.32 Å². The molecule has 0 aliphatic heterocycles. The first kappa shape index (κ1) is 12.4. The quantitative estimate of drug-likeness (QED) is 0.558. The van der Waals surface area contributed by atoms with Crippen LogP contribution in [0.4, 0.5) is 14.5 Å². The lowest BCUT2D eigenvalue weighted by molar-refractivity contribution is -0.113. The summed E-state index contributed by atoms with van der Waals surface area (Å²) in [4.78, 5) is 11.2. The molecule has 0 radical (unpaired) electrons. The minimum Gasteiger partial charge on any atom is -0.379 e. The predicted octanol–water partition coefficient (Wildman–Crippen LogP) is 1.53. The maximum absolute atomic E-state index is 12.7. The number of carbonyl (C=O) groups is 1. The van der Waals surface area contributed by atoms with E-state index in [-0.39, 0.29) is 16.6 Å². The van der Waals surface area contributed by atoms with Crippen LogP contribution >= 0.6 is 11.8 Å². The average Bonchev–Trinajstić information content (AvgIpc) is 2.12. The molecule has 1 aromatic carbocycles. The van der Waals surface area contributed by atoms with Gasteiger partial charge in [0.1, 0.15) is 11.6 Å². The van der Waals surface area contributed by atoms with Gasteiger partial charge in [-0.1, -0.05) is 11.8 Å². The molecule has 86 valence electrons. The summed E-state index contributed by atoms with van der Waals surface area (Å²) in [6.45, 7) is 0. The lowest BCUT2D eigenvalue weighted by Crippen LogP contribution is -2.17. The Morgan fingerprint density at radius 2 is 1.94 bits per heavy atom. The summed E-state index contributed by atoms with van der Waals surface area (Å²) in [7, 11) is 0. The first-order valence-electron chi connectivity index (χ1n) is 4.20. The molecule has 0 heterocycles. The molecule has 0 saturated heterocycles. The van der Waals surface area contributed by atoms with Crippen molar-refractivity contribution in [3.8, 4) is 0 Å². The van der Waals surface area contributed by atoms with Crippen molar-refractivity contribution < 1.29 is 13.6 Å². The van der Waals surface area contributed by atoms with Crippen molar-refractivity contribution in [2.24, 2.45) is 5.73 Å². The van der Waals surface area contributed by atoms with Crippen LogP contribution in [0.5, 0.6) is 0 Å². The Morgan fingerprint density at radius 1 is 1.38 bits per heavy atom. The van der Waals surface area contributed by atoms with Crippen molar-refractivity contribution in [3.05, 3.63) is 29.8 Å². The highest BCUT2D eigenvalue weighted by Gasteiger charge is 2.06. The van der Waals surface area contributed by atoms with Crippen LogP contribution in [-0.2, 0) is 4.79 Å². The van der Waals surface area contributed by atoms with Gasteiger partial charge < -0.3 is 11.1 Å². The Morgan fingerprint density at radius 3 is 2.44 bits per heavy atom. The molecule has 0 bridgehead atoms. The number of nitrogens with one attached hydrogen (secondary N) is 2. The number of amides is 1. The summed E-state index contributed by atoms with van der Waals surface area (Å²) in [5, 5.41) is 8.97. The normalized spacial score (nSPS) is 9.88. The number of thioether (sulfide) groups is 1. The zero-order valence-electron chi connectivity index (χ0n) is 8.09. The van der Waals surface area contributed by atoms with Gasteiger partial charge in [0.15, 0.2) is 5.17 Å². The molecular weight excluding hydrogens is 236 g/mol. The third-order valence-corrected chi connectivity index (χ3v) is 2.22. The van der Waals surface area contributed by atoms with Crippen LogP contribution in [0, 0.1) is 17.0 Å². The van der Waals surface area contributed by atoms with Crippen LogP contribution < -0.4 is 11.1 Å². The zero-order valence-corrected chi connectivity index (χ0v) is 8.91. The van der Waals surface area contributed by atoms with Crippen molar-refractivity contribution in [2.45, 2.75) is 0 Å². The molecule has 0 atom stereocenters. The number of amidine groups is 1. The Labute approximate surface area is 94.7 Å². The predicted molar refractivity (Wildman–Crippen MR) is 59.4 cm³/mol. The molecule has 0 aliphatic carbocycles. The lowest BCUT2D eigenvalue weighted by atomic mass is 10.3. The Bertz CT molecular complexity index is 405. The van der Waals surface area contributed by atoms with E-state index in [1.165, 1.54) is 0 Å². The Balaban J connectivity index is 2.59. The molecule has 0 aliphatic rings. The lowest BCUT2D eigenvalue weighted by Gasteiger charge is -2.04. The second kappa shape index (κ2) is 5.45. The highest BCUT2D eigenvalue weighted by Crippen LogP contribution is 2.13. The summed E-state index contributed by atoms with van der Waals surface area (Å²) >= 11 is 0.829. The number of hydrogen-bond donors (Lipinski definition) is 3. The molecule has 0 fully saturated rings. The standard InChI is InChI=1S/C9H9F2N3OS/c10-5-1-6(11)3-7(2-5)14-8(15)4-16-9(12)13/h1-3H,4H2,(H3,12,13)(H,14,15). The van der Waals surface area contributed by atoms with Crippen molar-refractivity contribution in [1.82, 2.24) is 0 Å². The van der Waals surface area contributed by atoms with Crippen LogP contribution in [0.3, 0.4) is 0 Å². The molecule has 4 nitrogen and oxygen atoms in total. The van der Waals surface area contributed by atoms with Crippen LogP contribution in [-0.4, -0.2) is 16.8 Å². The van der Waals surface area contributed by atoms with Gasteiger partial charge in [0.05, 0.1) is 5.75 Å². The fourth-order valence-corrected chi connectivity index (χ4v) is 1.33. The minimum absolute atomic E-state index is 0.0339. The summed E-state index contributed by atoms with van der Waals surface area (Å²) in [6.07, 6.45) is 0. The van der Waals surface area contributed by atoms with E-state index in [1.807, 2.05) is 0 Å². The van der Waals surface area contributed by atoms with E-state index in [1.54, 1.807) is 0 Å². The van der Waals surface area contributed by atoms with Crippen LogP contribution in [0.15, 0.2) is 18.2 Å². The third-order valence-electron chi connectivity index (χ3n) is 1.51. The fourth-order valence-electron chi connectivity index (χ4n) is 0.966. The number of halogens is 2. The molecule has 0 saturated carbocycles. The number of anilines is 1. The summed E-state index contributed by atoms with van der Waals surface area (Å²) in [5.74, 6) is -2.10. The Kier molecular flexibility index (Phi) is 4.24. The Hall–Kier alpha value is -1.63. The maximum atomic E-state index is 12.7. The van der Waals surface area contributed by atoms with Crippen molar-refractivity contribution in [1.29, 1.82) is 5.41 Å². The van der Waals surface area contributed by atoms with Gasteiger partial charge in [-0.2, -0.15) is 0 Å². The average molecular weight is 245 g/mol. The van der Waals surface area contributed by atoms with Gasteiger partial charge in [-0.15, -0.1) is 0 Å². The molecule has 1 aromatic rings. The number of benzene rings is 1. The van der Waals surface area contributed by atoms with Crippen molar-refractivity contribution in [3.63, 3.8) is 0 Å². The molecule has 0 spiro atoms. The highest BCUT2D eigenvalue weighted by molar-refractivity contribution is 8.14. The highest BCUT2D eigenvalue weighted by atomic mass is 32.2. The van der Waals surface area contributed by atoms with E-state index in [0.29, 0.717) is 6.07 Å². The molecule has 7 heteroatoms. The number of carbonyl (C=O) groups excluding carboxylic acids is 1. The molecular formula is C9H9F2N3OS. The SMILES string of the molecule is N=C(N)SCC(=O)Nc1cc(F)cc(F)c1. The van der Waals surface area contributed by atoms with Gasteiger partial charge in [-0.3, -0.25) is 10.2 Å². The summed E-state index contributed by atoms with van der Waals surface area (Å²) in [5.41, 5.74) is 5.06. The molecule has 4 N–H and O–H groups in total. The van der Waals surface area contributed by atoms with Crippen LogP contribution in [0.1, 0.15) is 0 Å². The molecule has 0 unspecified atom stereocenters. The second-order valence-electron chi connectivity index (χ2n) is 2.86. The van der Waals surface area contributed by atoms with Crippen LogP contribution in [0.25, 0.3) is 0 Å². The topological polar surface area (TPSA) is 79.0 Å². The monoisotopic (exact) mass is 245 g/mol. The van der Waals surface area contributed by atoms with E-state index in [0.717, 1.165) is 23.9 Å². The second-order valence-corrected chi connectivity index (χ2v) is 3.88. The zero-order chi connectivity index (χ0) is 12.1. The van der Waals surface area contributed by atoms with Gasteiger partial charge in [0.25, 0.3) is 0 Å². The van der Waals surface area contributed by atoms with Crippen molar-refractivity contribution >= 4 is 28.5 Å². The molecule has 1 rings (SSSR count). The smallest absolute Gasteiger partial charge is 0.234 e. The maximum Gasteiger partial charge on any atom is 0.234 e. The summed E-state index contributed by atoms with van der Waals surface area (Å²) < 4.78 is 25.5. The van der Waals surface area contributed by atoms with Gasteiger partial charge in [0, 0.05) is 11.8 Å². The van der Waals surface area contributed by atoms with Crippen molar-refractivity contribution in [2.75, 3.05) is 11.1 Å². The minimum atomic E-state index is -0.769. The number of rotatable bonds is 3. The number of hydrogen-bond acceptors (Lipinski definition) is 3. The first-order chi connectivity index (χ1) is 7.47. The summed E-state index contributed by atoms with van der Waals surface area (Å²) in [6, 6.07) is 2.71. The first-order valence-corrected chi connectivity index (χ1v) is 5.18. The number of nitrogens with two attached hydrogens (primary N) is 1. The van der Waals surface area contributed by atoms with Crippen LogP contribution in [0.2, 0.25) is 0 Å². The molecule has 1 amide bonds. The molecule has 16 heavy (non-hydrogen) atoms. The van der Waals surface area contributed by atoms with Gasteiger partial charge >= 0.3 is 0 Å². The van der Waals surface area contributed by atoms with Gasteiger partial charge in [-0.25, -0.2) is 8.78 Å².